The monoisotopic (exact) mass is 272 g/mol. The van der Waals surface area contributed by atoms with Gasteiger partial charge in [-0.05, 0) is 19.1 Å². The van der Waals surface area contributed by atoms with Crippen LogP contribution in [0.3, 0.4) is 0 Å². The first kappa shape index (κ1) is 11.6. The van der Waals surface area contributed by atoms with Crippen molar-refractivity contribution in [1.82, 2.24) is 9.97 Å². The molecule has 0 amide bonds. The molecule has 0 radical (unpaired) electrons. The van der Waals surface area contributed by atoms with Gasteiger partial charge in [-0.2, -0.15) is 0 Å². The van der Waals surface area contributed by atoms with Crippen LogP contribution in [0.5, 0.6) is 0 Å². The van der Waals surface area contributed by atoms with E-state index >= 15 is 0 Å². The lowest BCUT2D eigenvalue weighted by molar-refractivity contribution is 1.14. The van der Waals surface area contributed by atoms with E-state index in [0.717, 1.165) is 0 Å². The fourth-order valence-electron chi connectivity index (χ4n) is 1.23. The first-order valence-corrected chi connectivity index (χ1v) is 5.67. The van der Waals surface area contributed by atoms with Crippen LogP contribution in [-0.2, 0) is 0 Å². The van der Waals surface area contributed by atoms with Gasteiger partial charge >= 0.3 is 0 Å². The van der Waals surface area contributed by atoms with Crippen LogP contribution in [0.15, 0.2) is 24.3 Å². The van der Waals surface area contributed by atoms with E-state index in [4.69, 9.17) is 34.8 Å². The molecule has 0 saturated carbocycles. The smallest absolute Gasteiger partial charge is 0.164 e. The van der Waals surface area contributed by atoms with E-state index in [1.54, 1.807) is 13.0 Å². The maximum atomic E-state index is 6.04. The van der Waals surface area contributed by atoms with Gasteiger partial charge < -0.3 is 0 Å². The molecule has 0 aliphatic rings. The van der Waals surface area contributed by atoms with E-state index < -0.39 is 0 Å². The summed E-state index contributed by atoms with van der Waals surface area (Å²) in [6.07, 6.45) is 0. The first-order chi connectivity index (χ1) is 7.59. The molecular weight excluding hydrogens is 266 g/mol. The summed E-state index contributed by atoms with van der Waals surface area (Å²) in [4.78, 5) is 8.30. The highest BCUT2D eigenvalue weighted by molar-refractivity contribution is 6.35. The highest BCUT2D eigenvalue weighted by Crippen LogP contribution is 2.28. The molecule has 5 heteroatoms. The minimum Gasteiger partial charge on any atom is -0.216 e. The van der Waals surface area contributed by atoms with Gasteiger partial charge in [0, 0.05) is 11.1 Å². The van der Waals surface area contributed by atoms with Gasteiger partial charge in [0.25, 0.3) is 0 Å². The number of hydrogen-bond acceptors (Lipinski definition) is 2. The van der Waals surface area contributed by atoms with E-state index in [2.05, 4.69) is 9.97 Å². The molecule has 0 unspecified atom stereocenters. The Balaban J connectivity index is 2.62. The number of aromatic nitrogens is 2. The van der Waals surface area contributed by atoms with Gasteiger partial charge in [0.05, 0.1) is 5.02 Å². The molecule has 2 aromatic rings. The lowest BCUT2D eigenvalue weighted by Gasteiger charge is -2.05. The van der Waals surface area contributed by atoms with E-state index in [9.17, 15) is 0 Å². The topological polar surface area (TPSA) is 25.8 Å². The lowest BCUT2D eigenvalue weighted by atomic mass is 10.2. The van der Waals surface area contributed by atoms with Crippen LogP contribution in [0.4, 0.5) is 0 Å². The SMILES string of the molecule is Cc1c(Cl)nc(-c2ccccc2Cl)nc1Cl. The van der Waals surface area contributed by atoms with Crippen molar-refractivity contribution in [2.24, 2.45) is 0 Å². The van der Waals surface area contributed by atoms with Gasteiger partial charge in [-0.3, -0.25) is 0 Å². The maximum absolute atomic E-state index is 6.04. The molecule has 2 rings (SSSR count). The molecule has 0 bridgehead atoms. The van der Waals surface area contributed by atoms with E-state index in [1.807, 2.05) is 18.2 Å². The Morgan fingerprint density at radius 3 is 2.06 bits per heavy atom. The second-order valence-electron chi connectivity index (χ2n) is 3.23. The van der Waals surface area contributed by atoms with Crippen molar-refractivity contribution in [3.8, 4) is 11.4 Å². The molecule has 0 N–H and O–H groups in total. The average molecular weight is 274 g/mol. The van der Waals surface area contributed by atoms with Crippen molar-refractivity contribution in [1.29, 1.82) is 0 Å². The minimum atomic E-state index is 0.343. The van der Waals surface area contributed by atoms with Crippen LogP contribution < -0.4 is 0 Å². The summed E-state index contributed by atoms with van der Waals surface area (Å²) in [7, 11) is 0. The summed E-state index contributed by atoms with van der Waals surface area (Å²) in [5.41, 5.74) is 1.38. The van der Waals surface area contributed by atoms with E-state index in [1.165, 1.54) is 0 Å². The quantitative estimate of drug-likeness (QED) is 0.719. The van der Waals surface area contributed by atoms with Crippen LogP contribution in [0.2, 0.25) is 15.3 Å². The standard InChI is InChI=1S/C11H7Cl3N2/c1-6-9(13)15-11(16-10(6)14)7-4-2-3-5-8(7)12/h2-5H,1H3. The summed E-state index contributed by atoms with van der Waals surface area (Å²) >= 11 is 17.9. The maximum Gasteiger partial charge on any atom is 0.164 e. The Hall–Kier alpha value is -0.830. The number of benzene rings is 1. The summed E-state index contributed by atoms with van der Waals surface area (Å²) in [6, 6.07) is 7.27. The predicted molar refractivity (Wildman–Crippen MR) is 67.2 cm³/mol. The summed E-state index contributed by atoms with van der Waals surface area (Å²) in [5.74, 6) is 0.436. The lowest BCUT2D eigenvalue weighted by Crippen LogP contribution is -1.94. The third kappa shape index (κ3) is 2.14. The van der Waals surface area contributed by atoms with Crippen molar-refractivity contribution in [3.05, 3.63) is 45.2 Å². The van der Waals surface area contributed by atoms with Gasteiger partial charge in [0.15, 0.2) is 5.82 Å². The van der Waals surface area contributed by atoms with Gasteiger partial charge in [0.1, 0.15) is 10.3 Å². The normalized spacial score (nSPS) is 10.5. The molecule has 1 heterocycles. The number of nitrogens with zero attached hydrogens (tertiary/aromatic N) is 2. The zero-order chi connectivity index (χ0) is 11.7. The molecule has 0 spiro atoms. The number of halogens is 3. The number of rotatable bonds is 1. The van der Waals surface area contributed by atoms with E-state index in [-0.39, 0.29) is 0 Å². The third-order valence-corrected chi connectivity index (χ3v) is 3.21. The minimum absolute atomic E-state index is 0.343. The zero-order valence-corrected chi connectivity index (χ0v) is 10.6. The fraction of sp³-hybridized carbons (Fsp3) is 0.0909. The number of hydrogen-bond donors (Lipinski definition) is 0. The Labute approximate surface area is 108 Å². The molecule has 16 heavy (non-hydrogen) atoms. The van der Waals surface area contributed by atoms with Crippen LogP contribution in [-0.4, -0.2) is 9.97 Å². The molecule has 0 atom stereocenters. The fourth-order valence-corrected chi connectivity index (χ4v) is 1.83. The largest absolute Gasteiger partial charge is 0.216 e. The Bertz CT molecular complexity index is 517. The molecular formula is C11H7Cl3N2. The van der Waals surface area contributed by atoms with Gasteiger partial charge in [-0.25, -0.2) is 9.97 Å². The van der Waals surface area contributed by atoms with Crippen molar-refractivity contribution in [3.63, 3.8) is 0 Å². The van der Waals surface area contributed by atoms with Crippen LogP contribution in [0, 0.1) is 6.92 Å². The Kier molecular flexibility index (Phi) is 3.33. The summed E-state index contributed by atoms with van der Waals surface area (Å²) in [6.45, 7) is 1.76. The molecule has 0 saturated heterocycles. The molecule has 0 fully saturated rings. The second kappa shape index (κ2) is 4.58. The van der Waals surface area contributed by atoms with Crippen molar-refractivity contribution >= 4 is 34.8 Å². The van der Waals surface area contributed by atoms with E-state index in [0.29, 0.717) is 32.3 Å². The molecule has 1 aromatic carbocycles. The summed E-state index contributed by atoms with van der Waals surface area (Å²) < 4.78 is 0. The highest BCUT2D eigenvalue weighted by Gasteiger charge is 2.11. The van der Waals surface area contributed by atoms with Crippen LogP contribution >= 0.6 is 34.8 Å². The second-order valence-corrected chi connectivity index (χ2v) is 4.36. The van der Waals surface area contributed by atoms with Gasteiger partial charge in [0.2, 0.25) is 0 Å². The zero-order valence-electron chi connectivity index (χ0n) is 8.34. The van der Waals surface area contributed by atoms with Crippen LogP contribution in [0.1, 0.15) is 5.56 Å². The Morgan fingerprint density at radius 1 is 0.938 bits per heavy atom. The molecule has 82 valence electrons. The van der Waals surface area contributed by atoms with Crippen molar-refractivity contribution in [2.45, 2.75) is 6.92 Å². The highest BCUT2D eigenvalue weighted by atomic mass is 35.5. The predicted octanol–water partition coefficient (Wildman–Crippen LogP) is 4.41. The summed E-state index contributed by atoms with van der Waals surface area (Å²) in [5, 5.41) is 1.25. The first-order valence-electron chi connectivity index (χ1n) is 4.54. The third-order valence-electron chi connectivity index (χ3n) is 2.14. The average Bonchev–Trinajstić information content (AvgIpc) is 2.26. The molecule has 2 nitrogen and oxygen atoms in total. The van der Waals surface area contributed by atoms with Crippen molar-refractivity contribution < 1.29 is 0 Å². The molecule has 0 aliphatic carbocycles. The van der Waals surface area contributed by atoms with Gasteiger partial charge in [-0.15, -0.1) is 0 Å². The molecule has 0 aliphatic heterocycles. The Morgan fingerprint density at radius 2 is 1.50 bits per heavy atom. The van der Waals surface area contributed by atoms with Gasteiger partial charge in [-0.1, -0.05) is 46.9 Å². The van der Waals surface area contributed by atoms with Crippen molar-refractivity contribution in [2.75, 3.05) is 0 Å². The molecule has 1 aromatic heterocycles. The van der Waals surface area contributed by atoms with Crippen LogP contribution in [0.25, 0.3) is 11.4 Å².